The van der Waals surface area contributed by atoms with Gasteiger partial charge in [-0.2, -0.15) is 0 Å². The first-order valence-electron chi connectivity index (χ1n) is 13.5. The largest absolute Gasteiger partial charge is 0.492 e. The molecule has 1 atom stereocenters. The van der Waals surface area contributed by atoms with Crippen LogP contribution in [0.1, 0.15) is 104 Å². The predicted octanol–water partition coefficient (Wildman–Crippen LogP) is 8.78. The van der Waals surface area contributed by atoms with Gasteiger partial charge in [-0.3, -0.25) is 9.78 Å². The van der Waals surface area contributed by atoms with E-state index in [0.29, 0.717) is 18.1 Å². The van der Waals surface area contributed by atoms with Crippen molar-refractivity contribution in [3.63, 3.8) is 0 Å². The van der Waals surface area contributed by atoms with Crippen LogP contribution in [-0.2, 0) is 4.79 Å². The fourth-order valence-corrected chi connectivity index (χ4v) is 3.86. The van der Waals surface area contributed by atoms with E-state index in [4.69, 9.17) is 9.47 Å². The Morgan fingerprint density at radius 2 is 1.44 bits per heavy atom. The zero-order valence-electron chi connectivity index (χ0n) is 21.7. The van der Waals surface area contributed by atoms with Crippen LogP contribution in [0.15, 0.2) is 42.6 Å². The summed E-state index contributed by atoms with van der Waals surface area (Å²) in [5, 5.41) is 0. The molecule has 1 aromatic carbocycles. The van der Waals surface area contributed by atoms with Crippen molar-refractivity contribution in [3.8, 4) is 22.8 Å². The van der Waals surface area contributed by atoms with Crippen LogP contribution >= 0.6 is 0 Å². The highest BCUT2D eigenvalue weighted by Crippen LogP contribution is 2.23. The molecule has 34 heavy (non-hydrogen) atoms. The molecule has 1 heterocycles. The predicted molar refractivity (Wildman–Crippen MR) is 141 cm³/mol. The van der Waals surface area contributed by atoms with Crippen LogP contribution in [-0.4, -0.2) is 17.6 Å². The Kier molecular flexibility index (Phi) is 14.0. The fourth-order valence-electron chi connectivity index (χ4n) is 3.86. The smallest absolute Gasteiger partial charge is 0.311 e. The van der Waals surface area contributed by atoms with Gasteiger partial charge in [0.2, 0.25) is 0 Å². The molecule has 2 aromatic rings. The average molecular weight is 468 g/mol. The molecule has 0 N–H and O–H groups in total. The van der Waals surface area contributed by atoms with Crippen LogP contribution in [0.4, 0.5) is 0 Å². The Morgan fingerprint density at radius 1 is 0.824 bits per heavy atom. The van der Waals surface area contributed by atoms with Crippen molar-refractivity contribution in [2.24, 2.45) is 5.92 Å². The van der Waals surface area contributed by atoms with E-state index in [1.807, 2.05) is 36.4 Å². The monoisotopic (exact) mass is 467 g/mol. The summed E-state index contributed by atoms with van der Waals surface area (Å²) in [6, 6.07) is 11.5. The van der Waals surface area contributed by atoms with E-state index in [1.165, 1.54) is 57.8 Å². The lowest BCUT2D eigenvalue weighted by Gasteiger charge is -2.09. The Bertz CT molecular complexity index is 786. The summed E-state index contributed by atoms with van der Waals surface area (Å²) in [5.74, 6) is 1.76. The normalized spacial score (nSPS) is 11.9. The summed E-state index contributed by atoms with van der Waals surface area (Å²) in [6.07, 6.45) is 17.4. The lowest BCUT2D eigenvalue weighted by atomic mass is 10.0. The molecule has 0 aliphatic rings. The Labute approximate surface area is 207 Å². The number of ether oxygens (including phenoxy) is 2. The van der Waals surface area contributed by atoms with Crippen molar-refractivity contribution in [3.05, 3.63) is 42.6 Å². The molecule has 0 aliphatic carbocycles. The molecule has 1 aromatic heterocycles. The van der Waals surface area contributed by atoms with Gasteiger partial charge in [-0.25, -0.2) is 0 Å². The van der Waals surface area contributed by atoms with Crippen LogP contribution in [0, 0.1) is 5.92 Å². The molecule has 4 nitrogen and oxygen atoms in total. The fraction of sp³-hybridized carbons (Fsp3) is 0.600. The van der Waals surface area contributed by atoms with Gasteiger partial charge in [0.15, 0.2) is 0 Å². The van der Waals surface area contributed by atoms with Crippen LogP contribution in [0.25, 0.3) is 11.3 Å². The molecular weight excluding hydrogens is 422 g/mol. The lowest BCUT2D eigenvalue weighted by Crippen LogP contribution is -2.09. The second-order valence-corrected chi connectivity index (χ2v) is 9.46. The van der Waals surface area contributed by atoms with E-state index in [0.717, 1.165) is 42.9 Å². The first-order chi connectivity index (χ1) is 16.6. The molecule has 0 saturated carbocycles. The van der Waals surface area contributed by atoms with E-state index < -0.39 is 0 Å². The Morgan fingerprint density at radius 3 is 2.03 bits per heavy atom. The number of nitrogens with zero attached hydrogens (tertiary/aromatic N) is 1. The molecule has 1 unspecified atom stereocenters. The Hall–Kier alpha value is -2.36. The molecule has 0 amide bonds. The number of hydrogen-bond acceptors (Lipinski definition) is 4. The van der Waals surface area contributed by atoms with E-state index >= 15 is 0 Å². The number of unbranched alkanes of at least 4 members (excludes halogenated alkanes) is 9. The summed E-state index contributed by atoms with van der Waals surface area (Å²) in [7, 11) is 0. The van der Waals surface area contributed by atoms with Gasteiger partial charge in [0.1, 0.15) is 11.5 Å². The van der Waals surface area contributed by atoms with Crippen molar-refractivity contribution < 1.29 is 14.3 Å². The molecule has 0 bridgehead atoms. The van der Waals surface area contributed by atoms with E-state index in [-0.39, 0.29) is 5.97 Å². The number of aromatic nitrogens is 1. The third-order valence-corrected chi connectivity index (χ3v) is 6.42. The number of rotatable bonds is 18. The molecular formula is C30H45NO3. The van der Waals surface area contributed by atoms with E-state index in [9.17, 15) is 4.79 Å². The number of esters is 1. The second kappa shape index (κ2) is 17.1. The average Bonchev–Trinajstić information content (AvgIpc) is 2.86. The van der Waals surface area contributed by atoms with Gasteiger partial charge in [0, 0.05) is 12.0 Å². The minimum Gasteiger partial charge on any atom is -0.492 e. The highest BCUT2D eigenvalue weighted by atomic mass is 16.5. The molecule has 2 rings (SSSR count). The maximum atomic E-state index is 12.0. The number of carbonyl (C=O) groups is 1. The number of pyridine rings is 1. The summed E-state index contributed by atoms with van der Waals surface area (Å²) in [6.45, 7) is 7.31. The van der Waals surface area contributed by atoms with Gasteiger partial charge < -0.3 is 9.47 Å². The number of carbonyl (C=O) groups excluding carboxylic acids is 1. The minimum absolute atomic E-state index is 0.171. The van der Waals surface area contributed by atoms with Crippen molar-refractivity contribution in [1.82, 2.24) is 4.98 Å². The van der Waals surface area contributed by atoms with Gasteiger partial charge in [-0.05, 0) is 55.2 Å². The summed E-state index contributed by atoms with van der Waals surface area (Å²) < 4.78 is 11.3. The van der Waals surface area contributed by atoms with Crippen molar-refractivity contribution >= 4 is 5.97 Å². The first-order valence-corrected chi connectivity index (χ1v) is 13.5. The molecule has 0 radical (unpaired) electrons. The third kappa shape index (κ3) is 11.7. The van der Waals surface area contributed by atoms with Crippen molar-refractivity contribution in [2.45, 2.75) is 104 Å². The van der Waals surface area contributed by atoms with Crippen molar-refractivity contribution in [2.75, 3.05) is 6.61 Å². The summed E-state index contributed by atoms with van der Waals surface area (Å²) >= 11 is 0. The molecule has 0 aliphatic heterocycles. The van der Waals surface area contributed by atoms with Crippen LogP contribution in [0.3, 0.4) is 0 Å². The highest BCUT2D eigenvalue weighted by Gasteiger charge is 2.08. The summed E-state index contributed by atoms with van der Waals surface area (Å²) in [5.41, 5.74) is 1.86. The number of benzene rings is 1. The number of hydrogen-bond donors (Lipinski definition) is 0. The lowest BCUT2D eigenvalue weighted by molar-refractivity contribution is -0.134. The third-order valence-electron chi connectivity index (χ3n) is 6.42. The molecule has 0 saturated heterocycles. The molecule has 0 spiro atoms. The Balaban J connectivity index is 1.63. The maximum Gasteiger partial charge on any atom is 0.311 e. The SMILES string of the molecule is CCCCCCCCCCCCOc1ccc(-c2ccc(OC(=O)CCC(C)CC)cc2)nc1. The summed E-state index contributed by atoms with van der Waals surface area (Å²) in [4.78, 5) is 16.5. The zero-order chi connectivity index (χ0) is 24.4. The first kappa shape index (κ1) is 27.9. The minimum atomic E-state index is -0.171. The second-order valence-electron chi connectivity index (χ2n) is 9.46. The van der Waals surface area contributed by atoms with Crippen LogP contribution in [0.5, 0.6) is 11.5 Å². The molecule has 4 heteroatoms. The van der Waals surface area contributed by atoms with Crippen molar-refractivity contribution in [1.29, 1.82) is 0 Å². The van der Waals surface area contributed by atoms with E-state index in [2.05, 4.69) is 25.8 Å². The highest BCUT2D eigenvalue weighted by molar-refractivity contribution is 5.72. The molecule has 0 fully saturated rings. The van der Waals surface area contributed by atoms with Gasteiger partial charge in [-0.1, -0.05) is 85.0 Å². The maximum absolute atomic E-state index is 12.0. The van der Waals surface area contributed by atoms with Gasteiger partial charge in [-0.15, -0.1) is 0 Å². The van der Waals surface area contributed by atoms with Gasteiger partial charge in [0.25, 0.3) is 0 Å². The topological polar surface area (TPSA) is 48.4 Å². The standard InChI is InChI=1S/C30H45NO3/c1-4-6-7-8-9-10-11-12-13-14-23-33-28-20-21-29(31-24-28)26-16-18-27(19-17-26)34-30(32)22-15-25(3)5-2/h16-21,24-25H,4-15,22-23H2,1-3H3. The van der Waals surface area contributed by atoms with Gasteiger partial charge in [0.05, 0.1) is 18.5 Å². The molecule has 188 valence electrons. The zero-order valence-corrected chi connectivity index (χ0v) is 21.7. The van der Waals surface area contributed by atoms with Crippen LogP contribution < -0.4 is 9.47 Å². The quantitative estimate of drug-likeness (QED) is 0.125. The van der Waals surface area contributed by atoms with E-state index in [1.54, 1.807) is 6.20 Å². The van der Waals surface area contributed by atoms with Gasteiger partial charge >= 0.3 is 5.97 Å². The van der Waals surface area contributed by atoms with Crippen LogP contribution in [0.2, 0.25) is 0 Å².